The Morgan fingerprint density at radius 3 is 2.11 bits per heavy atom. The lowest BCUT2D eigenvalue weighted by molar-refractivity contribution is 0.567. The number of benzene rings is 3. The van der Waals surface area contributed by atoms with Gasteiger partial charge in [0.1, 0.15) is 0 Å². The first kappa shape index (κ1) is 20.1. The van der Waals surface area contributed by atoms with Crippen molar-refractivity contribution in [2.45, 2.75) is 25.7 Å². The second-order valence-corrected chi connectivity index (χ2v) is 8.79. The minimum absolute atomic E-state index is 1.25. The van der Waals surface area contributed by atoms with Crippen LogP contribution in [0.3, 0.4) is 0 Å². The molecule has 0 aliphatic heterocycles. The molecule has 4 aromatic rings. The third kappa shape index (κ3) is 5.43. The lowest BCUT2D eigenvalue weighted by Gasteiger charge is -2.18. The Balaban J connectivity index is 0.000000195. The van der Waals surface area contributed by atoms with Crippen molar-refractivity contribution in [3.8, 4) is 0 Å². The highest BCUT2D eigenvalue weighted by Gasteiger charge is 2.13. The van der Waals surface area contributed by atoms with Crippen molar-refractivity contribution in [1.29, 1.82) is 0 Å². The minimum atomic E-state index is -1.67. The molecule has 1 heterocycles. The number of furan rings is 1. The Morgan fingerprint density at radius 1 is 0.741 bits per heavy atom. The summed E-state index contributed by atoms with van der Waals surface area (Å²) in [5.41, 5.74) is 3.17. The molecule has 0 unspecified atom stereocenters. The standard InChI is InChI=1S/C18H16.C4H4O.Cl2OS/c1-3-7-15-13(5-1)9-11-18-16-8-4-2-6-14(16)10-12-17(15)18;1-2-4-5-3-1;1-4(2)3/h1,3,5,7,9-12H,2,4,6,8H2;1-4H;. The zero-order valence-corrected chi connectivity index (χ0v) is 17.1. The minimum Gasteiger partial charge on any atom is -0.582 e. The Hall–Kier alpha value is -1.65. The molecule has 0 saturated heterocycles. The molecule has 0 saturated carbocycles. The number of halogens is 2. The van der Waals surface area contributed by atoms with Crippen molar-refractivity contribution in [3.05, 3.63) is 84.3 Å². The van der Waals surface area contributed by atoms with Gasteiger partial charge in [0.05, 0.1) is 12.5 Å². The van der Waals surface area contributed by atoms with Gasteiger partial charge >= 0.3 is 0 Å². The molecule has 1 aliphatic rings. The summed E-state index contributed by atoms with van der Waals surface area (Å²) < 4.78 is 13.7. The molecule has 5 rings (SSSR count). The van der Waals surface area contributed by atoms with Crippen molar-refractivity contribution in [3.63, 3.8) is 0 Å². The summed E-state index contributed by atoms with van der Waals surface area (Å²) >= 11 is 0. The highest BCUT2D eigenvalue weighted by atomic mass is 36.0. The molecule has 0 radical (unpaired) electrons. The van der Waals surface area contributed by atoms with Gasteiger partial charge in [-0.15, -0.1) is 0 Å². The summed E-state index contributed by atoms with van der Waals surface area (Å²) in [5.74, 6) is 0. The number of rotatable bonds is 0. The molecular formula is C22H20Cl2O2S. The van der Waals surface area contributed by atoms with Crippen LogP contribution in [0.2, 0.25) is 0 Å². The van der Waals surface area contributed by atoms with E-state index in [9.17, 15) is 0 Å². The third-order valence-electron chi connectivity index (χ3n) is 4.68. The van der Waals surface area contributed by atoms with Crippen molar-refractivity contribution < 1.29 is 8.97 Å². The molecule has 2 nitrogen and oxygen atoms in total. The second-order valence-electron chi connectivity index (χ2n) is 6.27. The molecule has 0 N–H and O–H groups in total. The van der Waals surface area contributed by atoms with E-state index in [4.69, 9.17) is 4.55 Å². The van der Waals surface area contributed by atoms with Gasteiger partial charge in [0.2, 0.25) is 0 Å². The predicted molar refractivity (Wildman–Crippen MR) is 117 cm³/mol. The number of hydrogen-bond acceptors (Lipinski definition) is 2. The van der Waals surface area contributed by atoms with E-state index in [0.29, 0.717) is 0 Å². The van der Waals surface area contributed by atoms with Gasteiger partial charge in [0.25, 0.3) is 0 Å². The molecule has 5 heteroatoms. The van der Waals surface area contributed by atoms with Crippen molar-refractivity contribution in [2.75, 3.05) is 0 Å². The van der Waals surface area contributed by atoms with Crippen LogP contribution in [0.15, 0.2) is 77.6 Å². The number of hydrogen-bond donors (Lipinski definition) is 0. The van der Waals surface area contributed by atoms with E-state index in [-0.39, 0.29) is 0 Å². The first-order valence-electron chi connectivity index (χ1n) is 8.80. The third-order valence-corrected chi connectivity index (χ3v) is 4.68. The van der Waals surface area contributed by atoms with E-state index in [1.165, 1.54) is 47.2 Å². The largest absolute Gasteiger partial charge is 0.582 e. The van der Waals surface area contributed by atoms with Crippen LogP contribution in [0, 0.1) is 0 Å². The maximum absolute atomic E-state index is 9.09. The monoisotopic (exact) mass is 418 g/mol. The Kier molecular flexibility index (Phi) is 7.48. The second kappa shape index (κ2) is 10.0. The van der Waals surface area contributed by atoms with Crippen molar-refractivity contribution in [2.24, 2.45) is 0 Å². The van der Waals surface area contributed by atoms with Gasteiger partial charge in [-0.1, -0.05) is 48.5 Å². The number of fused-ring (bicyclic) bond motifs is 5. The van der Waals surface area contributed by atoms with Gasteiger partial charge in [0.15, 0.2) is 31.0 Å². The number of aryl methyl sites for hydroxylation is 2. The highest BCUT2D eigenvalue weighted by Crippen LogP contribution is 2.33. The maximum atomic E-state index is 9.09. The predicted octanol–water partition coefficient (Wildman–Crippen LogP) is 7.19. The van der Waals surface area contributed by atoms with Crippen LogP contribution in [-0.2, 0) is 22.4 Å². The van der Waals surface area contributed by atoms with Crippen LogP contribution in [0.1, 0.15) is 24.0 Å². The fourth-order valence-corrected chi connectivity index (χ4v) is 3.57. The normalized spacial score (nSPS) is 12.7. The zero-order valence-electron chi connectivity index (χ0n) is 14.7. The van der Waals surface area contributed by atoms with E-state index < -0.39 is 9.60 Å². The first-order valence-corrected chi connectivity index (χ1v) is 11.6. The molecular weight excluding hydrogens is 399 g/mol. The molecule has 0 fully saturated rings. The van der Waals surface area contributed by atoms with Gasteiger partial charge in [-0.05, 0) is 70.5 Å². The molecule has 0 atom stereocenters. The first-order chi connectivity index (χ1) is 13.2. The van der Waals surface area contributed by atoms with Crippen LogP contribution >= 0.6 is 21.4 Å². The van der Waals surface area contributed by atoms with E-state index in [1.54, 1.807) is 23.7 Å². The fraction of sp³-hybridized carbons (Fsp3) is 0.182. The van der Waals surface area contributed by atoms with Gasteiger partial charge < -0.3 is 8.97 Å². The van der Waals surface area contributed by atoms with Gasteiger partial charge in [0, 0.05) is 0 Å². The highest BCUT2D eigenvalue weighted by molar-refractivity contribution is 8.31. The quantitative estimate of drug-likeness (QED) is 0.223. The molecule has 3 aromatic carbocycles. The van der Waals surface area contributed by atoms with Crippen molar-refractivity contribution >= 4 is 52.5 Å². The smallest absolute Gasteiger partial charge is 0.198 e. The van der Waals surface area contributed by atoms with E-state index in [2.05, 4.69) is 74.3 Å². The van der Waals surface area contributed by atoms with Gasteiger partial charge in [-0.3, -0.25) is 0 Å². The molecule has 1 aliphatic carbocycles. The van der Waals surface area contributed by atoms with Crippen LogP contribution in [0.4, 0.5) is 0 Å². The summed E-state index contributed by atoms with van der Waals surface area (Å²) in [4.78, 5) is 0. The summed E-state index contributed by atoms with van der Waals surface area (Å²) in [6.07, 6.45) is 8.47. The van der Waals surface area contributed by atoms with Crippen molar-refractivity contribution in [1.82, 2.24) is 0 Å². The van der Waals surface area contributed by atoms with Gasteiger partial charge in [-0.25, -0.2) is 0 Å². The summed E-state index contributed by atoms with van der Waals surface area (Å²) in [7, 11) is 7.36. The van der Waals surface area contributed by atoms with Crippen LogP contribution in [-0.4, -0.2) is 4.55 Å². The summed E-state index contributed by atoms with van der Waals surface area (Å²) in [6, 6.07) is 21.6. The average molecular weight is 419 g/mol. The van der Waals surface area contributed by atoms with E-state index in [0.717, 1.165) is 0 Å². The van der Waals surface area contributed by atoms with Crippen LogP contribution in [0.5, 0.6) is 0 Å². The fourth-order valence-electron chi connectivity index (χ4n) is 3.57. The Labute approximate surface area is 171 Å². The molecule has 0 bridgehead atoms. The summed E-state index contributed by atoms with van der Waals surface area (Å²) in [5, 5.41) is 5.64. The maximum Gasteiger partial charge on any atom is 0.198 e. The van der Waals surface area contributed by atoms with Crippen LogP contribution in [0.25, 0.3) is 21.5 Å². The average Bonchev–Trinajstić information content (AvgIpc) is 3.27. The Morgan fingerprint density at radius 2 is 1.41 bits per heavy atom. The lowest BCUT2D eigenvalue weighted by Crippen LogP contribution is -2.02. The molecule has 0 spiro atoms. The Bertz CT molecular complexity index is 964. The zero-order chi connectivity index (χ0) is 19.1. The van der Waals surface area contributed by atoms with E-state index in [1.807, 2.05) is 12.1 Å². The topological polar surface area (TPSA) is 36.2 Å². The van der Waals surface area contributed by atoms with E-state index >= 15 is 0 Å². The lowest BCUT2D eigenvalue weighted by atomic mass is 9.86. The molecule has 140 valence electrons. The van der Waals surface area contributed by atoms with Gasteiger partial charge in [-0.2, -0.15) is 0 Å². The van der Waals surface area contributed by atoms with Crippen LogP contribution < -0.4 is 0 Å². The summed E-state index contributed by atoms with van der Waals surface area (Å²) in [6.45, 7) is 0. The molecule has 27 heavy (non-hydrogen) atoms. The molecule has 0 amide bonds. The molecule has 1 aromatic heterocycles. The SMILES string of the molecule is [O-][S+](Cl)Cl.c1ccc2c(c1)ccc1c3c(ccc12)CCCC3.c1ccoc1.